The van der Waals surface area contributed by atoms with Crippen LogP contribution in [0.2, 0.25) is 0 Å². The molecule has 1 saturated carbocycles. The van der Waals surface area contributed by atoms with Crippen molar-refractivity contribution in [1.82, 2.24) is 10.6 Å². The predicted octanol–water partition coefficient (Wildman–Crippen LogP) is 2.10. The number of nitrogens with one attached hydrogen (secondary N) is 2. The molecule has 4 atom stereocenters. The lowest BCUT2D eigenvalue weighted by molar-refractivity contribution is -0.122. The highest BCUT2D eigenvalue weighted by atomic mass is 35.5. The van der Waals surface area contributed by atoms with Crippen LogP contribution in [0, 0.1) is 17.8 Å². The van der Waals surface area contributed by atoms with E-state index in [1.54, 1.807) is 0 Å². The van der Waals surface area contributed by atoms with E-state index in [1.807, 2.05) is 0 Å². The zero-order valence-electron chi connectivity index (χ0n) is 11.2. The molecule has 0 aromatic rings. The van der Waals surface area contributed by atoms with E-state index in [0.29, 0.717) is 18.0 Å². The van der Waals surface area contributed by atoms with Gasteiger partial charge in [-0.25, -0.2) is 0 Å². The highest BCUT2D eigenvalue weighted by Gasteiger charge is 2.35. The van der Waals surface area contributed by atoms with Crippen molar-refractivity contribution in [1.29, 1.82) is 0 Å². The first-order valence-corrected chi connectivity index (χ1v) is 7.23. The minimum atomic E-state index is 0. The van der Waals surface area contributed by atoms with Crippen molar-refractivity contribution >= 4 is 18.3 Å². The largest absolute Gasteiger partial charge is 0.356 e. The summed E-state index contributed by atoms with van der Waals surface area (Å²) in [6.07, 6.45) is 7.13. The number of rotatable bonds is 4. The second-order valence-corrected chi connectivity index (χ2v) is 6.46. The quantitative estimate of drug-likeness (QED) is 0.823. The van der Waals surface area contributed by atoms with Crippen LogP contribution in [0.5, 0.6) is 0 Å². The Hall–Kier alpha value is -0.280. The zero-order valence-corrected chi connectivity index (χ0v) is 12.0. The maximum Gasteiger partial charge on any atom is 0.220 e. The van der Waals surface area contributed by atoms with E-state index in [2.05, 4.69) is 17.6 Å². The number of hydrogen-bond donors (Lipinski definition) is 2. The number of fused-ring (bicyclic) bond motifs is 2. The monoisotopic (exact) mass is 272 g/mol. The number of hydrogen-bond acceptors (Lipinski definition) is 2. The normalized spacial score (nSPS) is 41.1. The van der Waals surface area contributed by atoms with E-state index in [-0.39, 0.29) is 18.3 Å². The van der Waals surface area contributed by atoms with Crippen molar-refractivity contribution in [3.05, 3.63) is 0 Å². The van der Waals surface area contributed by atoms with Gasteiger partial charge in [-0.3, -0.25) is 4.79 Å². The van der Waals surface area contributed by atoms with Gasteiger partial charge >= 0.3 is 0 Å². The maximum atomic E-state index is 11.9. The summed E-state index contributed by atoms with van der Waals surface area (Å²) in [5, 5.41) is 6.74. The first kappa shape index (κ1) is 14.1. The molecular weight excluding hydrogens is 248 g/mol. The Bertz CT molecular complexity index is 298. The van der Waals surface area contributed by atoms with Crippen LogP contribution in [0.15, 0.2) is 0 Å². The third kappa shape index (κ3) is 3.39. The fraction of sp³-hybridized carbons (Fsp3) is 0.929. The third-order valence-corrected chi connectivity index (χ3v) is 4.88. The Kier molecular flexibility index (Phi) is 4.54. The van der Waals surface area contributed by atoms with Crippen molar-refractivity contribution in [2.24, 2.45) is 17.8 Å². The van der Waals surface area contributed by atoms with E-state index >= 15 is 0 Å². The van der Waals surface area contributed by atoms with Gasteiger partial charge in [0.05, 0.1) is 0 Å². The number of carbonyl (C=O) groups excluding carboxylic acids is 1. The summed E-state index contributed by atoms with van der Waals surface area (Å²) in [6, 6.07) is 1.41. The van der Waals surface area contributed by atoms with Gasteiger partial charge in [-0.1, -0.05) is 6.92 Å². The van der Waals surface area contributed by atoms with Gasteiger partial charge in [0, 0.05) is 25.0 Å². The van der Waals surface area contributed by atoms with E-state index in [0.717, 1.165) is 24.8 Å². The third-order valence-electron chi connectivity index (χ3n) is 4.88. The Morgan fingerprint density at radius 3 is 2.39 bits per heavy atom. The standard InChI is InChI=1S/C14H24N2O.ClH/c1-9-4-11(9)8-15-14(17)7-10-5-12-2-3-13(6-10)16-12;/h9-13,16H,2-8H2,1H3,(H,15,17);1H. The first-order valence-electron chi connectivity index (χ1n) is 7.23. The van der Waals surface area contributed by atoms with Gasteiger partial charge in [0.2, 0.25) is 5.91 Å². The van der Waals surface area contributed by atoms with Gasteiger partial charge in [-0.15, -0.1) is 12.4 Å². The highest BCUT2D eigenvalue weighted by molar-refractivity contribution is 5.85. The molecule has 2 saturated heterocycles. The van der Waals surface area contributed by atoms with Crippen LogP contribution in [0.4, 0.5) is 0 Å². The fourth-order valence-electron chi connectivity index (χ4n) is 3.60. The summed E-state index contributed by atoms with van der Waals surface area (Å²) in [7, 11) is 0. The molecule has 3 rings (SSSR count). The van der Waals surface area contributed by atoms with Crippen LogP contribution in [0.3, 0.4) is 0 Å². The SMILES string of the molecule is CC1CC1CNC(=O)CC1CC2CCC(C1)N2.Cl. The van der Waals surface area contributed by atoms with E-state index < -0.39 is 0 Å². The molecule has 3 aliphatic rings. The molecule has 0 aromatic carbocycles. The molecule has 2 bridgehead atoms. The summed E-state index contributed by atoms with van der Waals surface area (Å²) in [6.45, 7) is 3.18. The minimum Gasteiger partial charge on any atom is -0.356 e. The second kappa shape index (κ2) is 5.79. The molecule has 1 amide bonds. The molecule has 104 valence electrons. The van der Waals surface area contributed by atoms with Gasteiger partial charge < -0.3 is 10.6 Å². The molecule has 3 fully saturated rings. The molecule has 2 N–H and O–H groups in total. The summed E-state index contributed by atoms with van der Waals surface area (Å²) in [5.41, 5.74) is 0. The lowest BCUT2D eigenvalue weighted by Crippen LogP contribution is -2.39. The Labute approximate surface area is 116 Å². The van der Waals surface area contributed by atoms with E-state index in [1.165, 1.54) is 32.1 Å². The Balaban J connectivity index is 0.00000120. The number of amides is 1. The van der Waals surface area contributed by atoms with Crippen molar-refractivity contribution in [2.45, 2.75) is 57.5 Å². The molecule has 4 heteroatoms. The fourth-order valence-corrected chi connectivity index (χ4v) is 3.60. The van der Waals surface area contributed by atoms with Crippen LogP contribution in [0.1, 0.15) is 45.4 Å². The number of carbonyl (C=O) groups is 1. The molecule has 18 heavy (non-hydrogen) atoms. The number of halogens is 1. The van der Waals surface area contributed by atoms with Crippen molar-refractivity contribution in [3.63, 3.8) is 0 Å². The van der Waals surface area contributed by atoms with Crippen LogP contribution < -0.4 is 10.6 Å². The van der Waals surface area contributed by atoms with E-state index in [9.17, 15) is 4.79 Å². The lowest BCUT2D eigenvalue weighted by Gasteiger charge is -2.28. The molecule has 3 nitrogen and oxygen atoms in total. The molecule has 1 aliphatic carbocycles. The van der Waals surface area contributed by atoms with Crippen molar-refractivity contribution < 1.29 is 4.79 Å². The van der Waals surface area contributed by atoms with Gasteiger partial charge in [0.25, 0.3) is 0 Å². The van der Waals surface area contributed by atoms with Gasteiger partial charge in [0.15, 0.2) is 0 Å². The molecule has 0 spiro atoms. The summed E-state index contributed by atoms with van der Waals surface area (Å²) >= 11 is 0. The Morgan fingerprint density at radius 2 is 1.83 bits per heavy atom. The summed E-state index contributed by atoms with van der Waals surface area (Å²) < 4.78 is 0. The average molecular weight is 273 g/mol. The molecule has 0 aromatic heterocycles. The van der Waals surface area contributed by atoms with Gasteiger partial charge in [0.1, 0.15) is 0 Å². The topological polar surface area (TPSA) is 41.1 Å². The molecule has 4 unspecified atom stereocenters. The predicted molar refractivity (Wildman–Crippen MR) is 74.8 cm³/mol. The summed E-state index contributed by atoms with van der Waals surface area (Å²) in [5.74, 6) is 2.52. The maximum absolute atomic E-state index is 11.9. The summed E-state index contributed by atoms with van der Waals surface area (Å²) in [4.78, 5) is 11.9. The van der Waals surface area contributed by atoms with Crippen LogP contribution >= 0.6 is 12.4 Å². The van der Waals surface area contributed by atoms with Crippen LogP contribution in [-0.4, -0.2) is 24.5 Å². The molecule has 2 heterocycles. The molecule has 2 aliphatic heterocycles. The lowest BCUT2D eigenvalue weighted by atomic mass is 9.89. The average Bonchev–Trinajstić information content (AvgIpc) is 2.89. The minimum absolute atomic E-state index is 0. The van der Waals surface area contributed by atoms with Crippen molar-refractivity contribution in [2.75, 3.05) is 6.54 Å². The highest BCUT2D eigenvalue weighted by Crippen LogP contribution is 2.37. The van der Waals surface area contributed by atoms with Crippen molar-refractivity contribution in [3.8, 4) is 0 Å². The number of piperidine rings is 1. The van der Waals surface area contributed by atoms with Crippen LogP contribution in [-0.2, 0) is 4.79 Å². The van der Waals surface area contributed by atoms with Gasteiger partial charge in [-0.05, 0) is 49.9 Å². The molecular formula is C14H25ClN2O. The van der Waals surface area contributed by atoms with E-state index in [4.69, 9.17) is 0 Å². The first-order chi connectivity index (χ1) is 8.20. The van der Waals surface area contributed by atoms with Crippen LogP contribution in [0.25, 0.3) is 0 Å². The zero-order chi connectivity index (χ0) is 11.8. The van der Waals surface area contributed by atoms with Gasteiger partial charge in [-0.2, -0.15) is 0 Å². The molecule has 0 radical (unpaired) electrons. The second-order valence-electron chi connectivity index (χ2n) is 6.46. The Morgan fingerprint density at radius 1 is 1.22 bits per heavy atom. The smallest absolute Gasteiger partial charge is 0.220 e.